The number of nitrogen functional groups attached to an aromatic ring is 1. The maximum absolute atomic E-state index is 13.9. The second-order valence-electron chi connectivity index (χ2n) is 4.87. The van der Waals surface area contributed by atoms with Crippen molar-refractivity contribution < 1.29 is 14.2 Å². The van der Waals surface area contributed by atoms with Gasteiger partial charge in [-0.1, -0.05) is 6.92 Å². The van der Waals surface area contributed by atoms with E-state index in [0.717, 1.165) is 0 Å². The van der Waals surface area contributed by atoms with Crippen molar-refractivity contribution in [2.24, 2.45) is 5.92 Å². The van der Waals surface area contributed by atoms with Crippen LogP contribution in [0.5, 0.6) is 0 Å². The summed E-state index contributed by atoms with van der Waals surface area (Å²) in [7, 11) is 0. The van der Waals surface area contributed by atoms with Gasteiger partial charge < -0.3 is 20.1 Å². The molecule has 1 aliphatic rings. The highest BCUT2D eigenvalue weighted by atomic mass is 19.1. The summed E-state index contributed by atoms with van der Waals surface area (Å²) in [4.78, 5) is 7.86. The Morgan fingerprint density at radius 1 is 1.58 bits per heavy atom. The van der Waals surface area contributed by atoms with Crippen LogP contribution in [0.4, 0.5) is 10.2 Å². The van der Waals surface area contributed by atoms with Crippen LogP contribution in [0, 0.1) is 11.7 Å². The van der Waals surface area contributed by atoms with E-state index in [1.165, 1.54) is 12.5 Å². The molecular formula is C12H15FN4O2. The summed E-state index contributed by atoms with van der Waals surface area (Å²) in [6, 6.07) is 0. The van der Waals surface area contributed by atoms with E-state index in [4.69, 9.17) is 10.5 Å². The highest BCUT2D eigenvalue weighted by Crippen LogP contribution is 2.36. The van der Waals surface area contributed by atoms with Gasteiger partial charge in [0.25, 0.3) is 0 Å². The molecule has 1 saturated heterocycles. The zero-order valence-corrected chi connectivity index (χ0v) is 10.5. The molecule has 2 aromatic heterocycles. The maximum Gasteiger partial charge on any atom is 0.154 e. The van der Waals surface area contributed by atoms with Crippen molar-refractivity contribution in [1.29, 1.82) is 0 Å². The van der Waals surface area contributed by atoms with Gasteiger partial charge in [0, 0.05) is 6.20 Å². The van der Waals surface area contributed by atoms with Crippen LogP contribution in [-0.2, 0) is 4.74 Å². The van der Waals surface area contributed by atoms with Crippen LogP contribution in [0.1, 0.15) is 19.6 Å². The first-order valence-electron chi connectivity index (χ1n) is 6.14. The summed E-state index contributed by atoms with van der Waals surface area (Å²) in [5, 5.41) is 9.42. The number of hydrogen-bond acceptors (Lipinski definition) is 5. The van der Waals surface area contributed by atoms with Crippen molar-refractivity contribution >= 4 is 16.9 Å². The van der Waals surface area contributed by atoms with Gasteiger partial charge in [0.2, 0.25) is 0 Å². The first-order valence-corrected chi connectivity index (χ1v) is 6.14. The molecule has 0 spiro atoms. The summed E-state index contributed by atoms with van der Waals surface area (Å²) in [6.07, 6.45) is 2.75. The monoisotopic (exact) mass is 266 g/mol. The lowest BCUT2D eigenvalue weighted by Crippen LogP contribution is -2.18. The van der Waals surface area contributed by atoms with E-state index in [2.05, 4.69) is 9.97 Å². The van der Waals surface area contributed by atoms with Crippen molar-refractivity contribution in [1.82, 2.24) is 14.5 Å². The lowest BCUT2D eigenvalue weighted by Gasteiger charge is -2.14. The molecule has 3 heterocycles. The summed E-state index contributed by atoms with van der Waals surface area (Å²) < 4.78 is 21.2. The van der Waals surface area contributed by atoms with Crippen molar-refractivity contribution in [2.75, 3.05) is 12.3 Å². The van der Waals surface area contributed by atoms with Crippen LogP contribution < -0.4 is 5.73 Å². The van der Waals surface area contributed by atoms with Gasteiger partial charge in [-0.25, -0.2) is 14.4 Å². The molecule has 2 aromatic rings. The molecule has 0 aliphatic carbocycles. The van der Waals surface area contributed by atoms with Gasteiger partial charge in [0.15, 0.2) is 11.5 Å². The standard InChI is InChI=1S/C12H15FN4O2/c1-6-2-9(19-8(6)4-18)17-3-7(13)10-11(14)15-5-16-12(10)17/h3,5-6,8-9,18H,2,4H2,1H3,(H2,14,15,16)/t6-,8+,9+/m0/s1. The van der Waals surface area contributed by atoms with E-state index in [9.17, 15) is 9.50 Å². The third-order valence-corrected chi connectivity index (χ3v) is 3.62. The number of aliphatic hydroxyl groups is 1. The maximum atomic E-state index is 13.9. The zero-order chi connectivity index (χ0) is 13.6. The van der Waals surface area contributed by atoms with Crippen LogP contribution >= 0.6 is 0 Å². The summed E-state index contributed by atoms with van der Waals surface area (Å²) in [5.41, 5.74) is 6.08. The van der Waals surface area contributed by atoms with Gasteiger partial charge in [0.1, 0.15) is 18.4 Å². The van der Waals surface area contributed by atoms with Crippen LogP contribution in [0.3, 0.4) is 0 Å². The van der Waals surface area contributed by atoms with E-state index < -0.39 is 5.82 Å². The Hall–Kier alpha value is -1.73. The number of halogens is 1. The smallest absolute Gasteiger partial charge is 0.154 e. The highest BCUT2D eigenvalue weighted by Gasteiger charge is 2.34. The van der Waals surface area contributed by atoms with Crippen molar-refractivity contribution in [2.45, 2.75) is 25.7 Å². The Labute approximate surface area is 109 Å². The van der Waals surface area contributed by atoms with Crippen LogP contribution in [0.2, 0.25) is 0 Å². The molecule has 3 rings (SSSR count). The Kier molecular flexibility index (Phi) is 2.87. The van der Waals surface area contributed by atoms with E-state index in [0.29, 0.717) is 12.1 Å². The SMILES string of the molecule is C[C@H]1C[C@H](n2cc(F)c3c(N)ncnc32)O[C@@H]1CO. The molecule has 102 valence electrons. The Morgan fingerprint density at radius 2 is 2.37 bits per heavy atom. The molecule has 1 aliphatic heterocycles. The molecular weight excluding hydrogens is 251 g/mol. The quantitative estimate of drug-likeness (QED) is 0.849. The largest absolute Gasteiger partial charge is 0.394 e. The van der Waals surface area contributed by atoms with Gasteiger partial charge >= 0.3 is 0 Å². The minimum atomic E-state index is -0.461. The summed E-state index contributed by atoms with van der Waals surface area (Å²) in [6.45, 7) is 1.95. The molecule has 19 heavy (non-hydrogen) atoms. The summed E-state index contributed by atoms with van der Waals surface area (Å²) >= 11 is 0. The number of hydrogen-bond donors (Lipinski definition) is 2. The highest BCUT2D eigenvalue weighted by molar-refractivity contribution is 5.86. The molecule has 0 bridgehead atoms. The summed E-state index contributed by atoms with van der Waals surface area (Å²) in [5.74, 6) is -0.141. The Morgan fingerprint density at radius 3 is 3.05 bits per heavy atom. The number of nitrogens with two attached hydrogens (primary N) is 1. The average Bonchev–Trinajstić information content (AvgIpc) is 2.91. The van der Waals surface area contributed by atoms with Gasteiger partial charge in [-0.05, 0) is 12.3 Å². The molecule has 0 unspecified atom stereocenters. The second kappa shape index (κ2) is 4.43. The van der Waals surface area contributed by atoms with Gasteiger partial charge in [0.05, 0.1) is 18.1 Å². The Bertz CT molecular complexity index is 615. The van der Waals surface area contributed by atoms with Crippen LogP contribution in [0.15, 0.2) is 12.5 Å². The predicted octanol–water partition coefficient (Wildman–Crippen LogP) is 1.07. The minimum absolute atomic E-state index is 0.0452. The third kappa shape index (κ3) is 1.85. The number of anilines is 1. The predicted molar refractivity (Wildman–Crippen MR) is 66.7 cm³/mol. The van der Waals surface area contributed by atoms with Crippen molar-refractivity contribution in [3.63, 3.8) is 0 Å². The van der Waals surface area contributed by atoms with E-state index >= 15 is 0 Å². The van der Waals surface area contributed by atoms with Gasteiger partial charge in [-0.15, -0.1) is 0 Å². The van der Waals surface area contributed by atoms with E-state index in [1.807, 2.05) is 6.92 Å². The fourth-order valence-electron chi connectivity index (χ4n) is 2.55. The zero-order valence-electron chi connectivity index (χ0n) is 10.5. The normalized spacial score (nSPS) is 27.2. The van der Waals surface area contributed by atoms with E-state index in [-0.39, 0.29) is 36.1 Å². The Balaban J connectivity index is 2.05. The van der Waals surface area contributed by atoms with Crippen LogP contribution in [0.25, 0.3) is 11.0 Å². The molecule has 0 radical (unpaired) electrons. The number of aliphatic hydroxyl groups excluding tert-OH is 1. The lowest BCUT2D eigenvalue weighted by atomic mass is 10.0. The molecule has 3 N–H and O–H groups in total. The first-order chi connectivity index (χ1) is 9.11. The number of fused-ring (bicyclic) bond motifs is 1. The third-order valence-electron chi connectivity index (χ3n) is 3.62. The molecule has 3 atom stereocenters. The molecule has 6 nitrogen and oxygen atoms in total. The fraction of sp³-hybridized carbons (Fsp3) is 0.500. The molecule has 1 fully saturated rings. The van der Waals surface area contributed by atoms with E-state index in [1.54, 1.807) is 4.57 Å². The van der Waals surface area contributed by atoms with Crippen molar-refractivity contribution in [3.05, 3.63) is 18.3 Å². The molecule has 0 aromatic carbocycles. The van der Waals surface area contributed by atoms with Gasteiger partial charge in [-0.2, -0.15) is 0 Å². The number of ether oxygens (including phenoxy) is 1. The first kappa shape index (κ1) is 12.3. The second-order valence-corrected chi connectivity index (χ2v) is 4.87. The molecule has 0 amide bonds. The average molecular weight is 266 g/mol. The van der Waals surface area contributed by atoms with Gasteiger partial charge in [-0.3, -0.25) is 0 Å². The fourth-order valence-corrected chi connectivity index (χ4v) is 2.55. The molecule has 0 saturated carbocycles. The molecule has 7 heteroatoms. The van der Waals surface area contributed by atoms with Crippen molar-refractivity contribution in [3.8, 4) is 0 Å². The number of aromatic nitrogens is 3. The minimum Gasteiger partial charge on any atom is -0.394 e. The van der Waals surface area contributed by atoms with Crippen LogP contribution in [-0.4, -0.2) is 32.4 Å². The lowest BCUT2D eigenvalue weighted by molar-refractivity contribution is -0.0277. The number of rotatable bonds is 2. The topological polar surface area (TPSA) is 86.2 Å². The number of nitrogens with zero attached hydrogens (tertiary/aromatic N) is 3.